The number of imide groups is 1. The van der Waals surface area contributed by atoms with Gasteiger partial charge in [-0.15, -0.1) is 0 Å². The van der Waals surface area contributed by atoms with Crippen LogP contribution in [0.5, 0.6) is 0 Å². The SMILES string of the molecule is CC(=O)N(CN1C(=O)[C@@H]2C3c4ccccc4C(c4ccccc43)[C@@H]2C1=O)c1ccccc1C. The second-order valence-corrected chi connectivity index (χ2v) is 9.24. The molecule has 164 valence electrons. The van der Waals surface area contributed by atoms with Gasteiger partial charge in [0.05, 0.1) is 11.8 Å². The maximum Gasteiger partial charge on any atom is 0.235 e. The molecule has 1 saturated heterocycles. The number of carbonyl (C=O) groups is 3. The Labute approximate surface area is 192 Å². The molecule has 1 fully saturated rings. The molecule has 2 bridgehead atoms. The Hall–Kier alpha value is -3.73. The number of hydrogen-bond acceptors (Lipinski definition) is 3. The fourth-order valence-corrected chi connectivity index (χ4v) is 6.23. The van der Waals surface area contributed by atoms with Crippen LogP contribution in [-0.2, 0) is 14.4 Å². The predicted molar refractivity (Wildman–Crippen MR) is 125 cm³/mol. The van der Waals surface area contributed by atoms with Gasteiger partial charge < -0.3 is 0 Å². The monoisotopic (exact) mass is 436 g/mol. The van der Waals surface area contributed by atoms with E-state index in [0.717, 1.165) is 33.5 Å². The first kappa shape index (κ1) is 19.9. The minimum atomic E-state index is -0.432. The molecule has 3 aliphatic carbocycles. The van der Waals surface area contributed by atoms with Crippen molar-refractivity contribution in [1.82, 2.24) is 4.90 Å². The largest absolute Gasteiger partial charge is 0.294 e. The van der Waals surface area contributed by atoms with Crippen molar-refractivity contribution in [3.05, 3.63) is 101 Å². The predicted octanol–water partition coefficient (Wildman–Crippen LogP) is 4.20. The zero-order chi connectivity index (χ0) is 22.9. The van der Waals surface area contributed by atoms with Crippen LogP contribution in [0.4, 0.5) is 5.69 Å². The lowest BCUT2D eigenvalue weighted by molar-refractivity contribution is -0.140. The Kier molecular flexibility index (Phi) is 4.31. The van der Waals surface area contributed by atoms with Gasteiger partial charge in [-0.05, 0) is 40.8 Å². The molecule has 0 saturated carbocycles. The van der Waals surface area contributed by atoms with Gasteiger partial charge >= 0.3 is 0 Å². The highest BCUT2D eigenvalue weighted by Crippen LogP contribution is 2.60. The van der Waals surface area contributed by atoms with E-state index >= 15 is 0 Å². The van der Waals surface area contributed by atoms with E-state index in [1.165, 1.54) is 16.7 Å². The van der Waals surface area contributed by atoms with Crippen LogP contribution in [0.3, 0.4) is 0 Å². The quantitative estimate of drug-likeness (QED) is 0.579. The molecule has 0 N–H and O–H groups in total. The number of benzene rings is 3. The van der Waals surface area contributed by atoms with Crippen LogP contribution >= 0.6 is 0 Å². The summed E-state index contributed by atoms with van der Waals surface area (Å²) in [4.78, 5) is 43.0. The molecule has 7 rings (SSSR count). The number of hydrogen-bond donors (Lipinski definition) is 0. The van der Waals surface area contributed by atoms with Crippen LogP contribution in [0, 0.1) is 18.8 Å². The Balaban J connectivity index is 1.44. The van der Waals surface area contributed by atoms with Crippen molar-refractivity contribution in [2.24, 2.45) is 11.8 Å². The smallest absolute Gasteiger partial charge is 0.235 e. The summed E-state index contributed by atoms with van der Waals surface area (Å²) >= 11 is 0. The first-order valence-electron chi connectivity index (χ1n) is 11.4. The third-order valence-corrected chi connectivity index (χ3v) is 7.61. The van der Waals surface area contributed by atoms with E-state index in [0.29, 0.717) is 0 Å². The summed E-state index contributed by atoms with van der Waals surface area (Å²) in [6.07, 6.45) is 0. The van der Waals surface area contributed by atoms with Crippen molar-refractivity contribution in [3.8, 4) is 0 Å². The van der Waals surface area contributed by atoms with Gasteiger partial charge in [-0.3, -0.25) is 24.2 Å². The Bertz CT molecular complexity index is 1210. The number of aryl methyl sites for hydroxylation is 1. The molecule has 1 heterocycles. The summed E-state index contributed by atoms with van der Waals surface area (Å²) in [6, 6.07) is 23.9. The number of para-hydroxylation sites is 1. The standard InChI is InChI=1S/C28H24N2O3/c1-16-9-3-8-14-22(16)29(17(2)31)15-30-27(32)25-23-18-10-4-5-11-19(18)24(26(25)28(30)33)21-13-7-6-12-20(21)23/h3-14,23-26H,15H2,1-2H3/t23?,24?,25-,26+. The van der Waals surface area contributed by atoms with E-state index in [9.17, 15) is 14.4 Å². The van der Waals surface area contributed by atoms with E-state index < -0.39 is 11.8 Å². The molecule has 3 aromatic rings. The summed E-state index contributed by atoms with van der Waals surface area (Å²) < 4.78 is 0. The van der Waals surface area contributed by atoms with E-state index in [4.69, 9.17) is 0 Å². The van der Waals surface area contributed by atoms with Crippen molar-refractivity contribution in [3.63, 3.8) is 0 Å². The third-order valence-electron chi connectivity index (χ3n) is 7.61. The molecule has 0 spiro atoms. The highest BCUT2D eigenvalue weighted by Gasteiger charge is 2.61. The first-order valence-corrected chi connectivity index (χ1v) is 11.4. The Morgan fingerprint density at radius 2 is 1.18 bits per heavy atom. The van der Waals surface area contributed by atoms with Gasteiger partial charge in [0.1, 0.15) is 6.67 Å². The van der Waals surface area contributed by atoms with E-state index in [1.807, 2.05) is 55.5 Å². The second kappa shape index (κ2) is 7.14. The van der Waals surface area contributed by atoms with Crippen molar-refractivity contribution in [2.75, 3.05) is 11.6 Å². The van der Waals surface area contributed by atoms with Gasteiger partial charge in [0.15, 0.2) is 0 Å². The summed E-state index contributed by atoms with van der Waals surface area (Å²) in [5.74, 6) is -1.70. The van der Waals surface area contributed by atoms with Crippen LogP contribution < -0.4 is 4.90 Å². The van der Waals surface area contributed by atoms with Crippen molar-refractivity contribution >= 4 is 23.4 Å². The molecule has 4 aliphatic rings. The summed E-state index contributed by atoms with van der Waals surface area (Å²) in [5.41, 5.74) is 6.22. The molecular formula is C28H24N2O3. The molecule has 0 aromatic heterocycles. The Morgan fingerprint density at radius 1 is 0.758 bits per heavy atom. The summed E-state index contributed by atoms with van der Waals surface area (Å²) in [6.45, 7) is 3.34. The fourth-order valence-electron chi connectivity index (χ4n) is 6.23. The lowest BCUT2D eigenvalue weighted by Gasteiger charge is -2.45. The van der Waals surface area contributed by atoms with Crippen LogP contribution in [0.1, 0.15) is 46.6 Å². The van der Waals surface area contributed by atoms with Crippen molar-refractivity contribution in [2.45, 2.75) is 25.7 Å². The molecule has 3 amide bonds. The van der Waals surface area contributed by atoms with Gasteiger partial charge in [0, 0.05) is 24.4 Å². The highest BCUT2D eigenvalue weighted by molar-refractivity contribution is 6.08. The number of nitrogens with zero attached hydrogens (tertiary/aromatic N) is 2. The lowest BCUT2D eigenvalue weighted by Crippen LogP contribution is -2.44. The summed E-state index contributed by atoms with van der Waals surface area (Å²) in [5, 5.41) is 0. The van der Waals surface area contributed by atoms with E-state index in [-0.39, 0.29) is 36.2 Å². The molecule has 5 nitrogen and oxygen atoms in total. The average Bonchev–Trinajstić information content (AvgIpc) is 3.08. The normalized spacial score (nSPS) is 24.4. The molecular weight excluding hydrogens is 412 g/mol. The lowest BCUT2D eigenvalue weighted by atomic mass is 9.55. The Morgan fingerprint density at radius 3 is 1.61 bits per heavy atom. The first-order chi connectivity index (χ1) is 16.0. The van der Waals surface area contributed by atoms with Gasteiger partial charge in [-0.25, -0.2) is 0 Å². The molecule has 33 heavy (non-hydrogen) atoms. The van der Waals surface area contributed by atoms with Crippen molar-refractivity contribution < 1.29 is 14.4 Å². The number of rotatable bonds is 3. The highest BCUT2D eigenvalue weighted by atomic mass is 16.2. The second-order valence-electron chi connectivity index (χ2n) is 9.24. The van der Waals surface area contributed by atoms with Crippen LogP contribution in [0.15, 0.2) is 72.8 Å². The maximum atomic E-state index is 13.8. The molecule has 0 unspecified atom stereocenters. The third kappa shape index (κ3) is 2.68. The molecule has 2 atom stereocenters. The molecule has 0 radical (unpaired) electrons. The van der Waals surface area contributed by atoms with Crippen LogP contribution in [-0.4, -0.2) is 29.3 Å². The zero-order valence-electron chi connectivity index (χ0n) is 18.6. The summed E-state index contributed by atoms with van der Waals surface area (Å²) in [7, 11) is 0. The number of anilines is 1. The van der Waals surface area contributed by atoms with Gasteiger partial charge in [-0.2, -0.15) is 0 Å². The molecule has 3 aromatic carbocycles. The van der Waals surface area contributed by atoms with Crippen LogP contribution in [0.2, 0.25) is 0 Å². The molecule has 5 heteroatoms. The van der Waals surface area contributed by atoms with Crippen molar-refractivity contribution in [1.29, 1.82) is 0 Å². The number of amides is 3. The van der Waals surface area contributed by atoms with Crippen LogP contribution in [0.25, 0.3) is 0 Å². The topological polar surface area (TPSA) is 57.7 Å². The van der Waals surface area contributed by atoms with Gasteiger partial charge in [0.2, 0.25) is 17.7 Å². The molecule has 1 aliphatic heterocycles. The van der Waals surface area contributed by atoms with E-state index in [2.05, 4.69) is 24.3 Å². The van der Waals surface area contributed by atoms with Gasteiger partial charge in [-0.1, -0.05) is 66.7 Å². The average molecular weight is 437 g/mol. The zero-order valence-corrected chi connectivity index (χ0v) is 18.6. The number of likely N-dealkylation sites (tertiary alicyclic amines) is 1. The minimum absolute atomic E-state index is 0.0585. The van der Waals surface area contributed by atoms with Gasteiger partial charge in [0.25, 0.3) is 0 Å². The van der Waals surface area contributed by atoms with E-state index in [1.54, 1.807) is 0 Å². The minimum Gasteiger partial charge on any atom is -0.294 e. The number of carbonyl (C=O) groups excluding carboxylic acids is 3. The fraction of sp³-hybridized carbons (Fsp3) is 0.250. The maximum absolute atomic E-state index is 13.8.